The van der Waals surface area contributed by atoms with Crippen molar-refractivity contribution in [1.29, 1.82) is 0 Å². The monoisotopic (exact) mass is 433 g/mol. The van der Waals surface area contributed by atoms with E-state index in [9.17, 15) is 21.6 Å². The molecule has 0 aliphatic heterocycles. The van der Waals surface area contributed by atoms with Crippen LogP contribution in [0.25, 0.3) is 28.2 Å². The smallest absolute Gasteiger partial charge is 0.435 e. The van der Waals surface area contributed by atoms with E-state index in [0.717, 1.165) is 22.6 Å². The van der Waals surface area contributed by atoms with E-state index >= 15 is 0 Å². The average Bonchev–Trinajstić information content (AvgIpc) is 3.37. The Labute approximate surface area is 169 Å². The van der Waals surface area contributed by atoms with Crippen LogP contribution in [0.4, 0.5) is 13.2 Å². The molecule has 10 heteroatoms. The Morgan fingerprint density at radius 2 is 1.60 bits per heavy atom. The highest BCUT2D eigenvalue weighted by atomic mass is 32.2. The van der Waals surface area contributed by atoms with Crippen molar-refractivity contribution in [3.05, 3.63) is 72.9 Å². The maximum absolute atomic E-state index is 13.3. The van der Waals surface area contributed by atoms with Crippen LogP contribution in [-0.4, -0.2) is 29.4 Å². The van der Waals surface area contributed by atoms with E-state index in [0.29, 0.717) is 16.9 Å². The molecule has 0 radical (unpaired) electrons. The average molecular weight is 433 g/mol. The molecule has 154 valence electrons. The Bertz CT molecular complexity index is 1280. The van der Waals surface area contributed by atoms with Crippen molar-refractivity contribution in [3.63, 3.8) is 0 Å². The predicted molar refractivity (Wildman–Crippen MR) is 103 cm³/mol. The molecule has 0 aliphatic rings. The highest BCUT2D eigenvalue weighted by molar-refractivity contribution is 7.90. The Morgan fingerprint density at radius 3 is 2.13 bits per heavy atom. The first-order chi connectivity index (χ1) is 14.1. The van der Waals surface area contributed by atoms with Gasteiger partial charge in [-0.05, 0) is 30.3 Å². The van der Waals surface area contributed by atoms with E-state index in [4.69, 9.17) is 4.42 Å². The number of hydrogen-bond donors (Lipinski definition) is 0. The van der Waals surface area contributed by atoms with Crippen molar-refractivity contribution in [3.8, 4) is 28.2 Å². The van der Waals surface area contributed by atoms with Crippen LogP contribution >= 0.6 is 0 Å². The Kier molecular flexibility index (Phi) is 4.73. The lowest BCUT2D eigenvalue weighted by Crippen LogP contribution is -2.07. The quantitative estimate of drug-likeness (QED) is 0.469. The van der Waals surface area contributed by atoms with Gasteiger partial charge in [0.1, 0.15) is 12.0 Å². The largest absolute Gasteiger partial charge is 0.451 e. The number of benzene rings is 2. The molecule has 0 N–H and O–H groups in total. The number of oxazole rings is 1. The molecule has 30 heavy (non-hydrogen) atoms. The zero-order valence-corrected chi connectivity index (χ0v) is 16.3. The van der Waals surface area contributed by atoms with Crippen LogP contribution in [0.2, 0.25) is 0 Å². The first-order valence-electron chi connectivity index (χ1n) is 8.60. The van der Waals surface area contributed by atoms with Gasteiger partial charge >= 0.3 is 6.18 Å². The zero-order chi connectivity index (χ0) is 21.5. The van der Waals surface area contributed by atoms with E-state index in [1.807, 2.05) is 0 Å². The van der Waals surface area contributed by atoms with Crippen molar-refractivity contribution >= 4 is 9.84 Å². The van der Waals surface area contributed by atoms with Crippen LogP contribution in [0.15, 0.2) is 76.6 Å². The second-order valence-electron chi connectivity index (χ2n) is 6.54. The molecule has 2 aromatic heterocycles. The molecule has 0 atom stereocenters. The molecule has 0 spiro atoms. The van der Waals surface area contributed by atoms with Gasteiger partial charge in [-0.15, -0.1) is 0 Å². The number of sulfone groups is 1. The highest BCUT2D eigenvalue weighted by Crippen LogP contribution is 2.34. The van der Waals surface area contributed by atoms with Crippen LogP contribution in [0, 0.1) is 0 Å². The summed E-state index contributed by atoms with van der Waals surface area (Å²) < 4.78 is 69.3. The molecule has 0 unspecified atom stereocenters. The van der Waals surface area contributed by atoms with Crippen molar-refractivity contribution in [1.82, 2.24) is 14.8 Å². The molecule has 0 bridgehead atoms. The summed E-state index contributed by atoms with van der Waals surface area (Å²) in [7, 11) is -3.43. The maximum Gasteiger partial charge on any atom is 0.435 e. The van der Waals surface area contributed by atoms with Gasteiger partial charge in [-0.25, -0.2) is 18.1 Å². The van der Waals surface area contributed by atoms with Crippen LogP contribution in [0.3, 0.4) is 0 Å². The minimum absolute atomic E-state index is 0.0629. The SMILES string of the molecule is CS(=O)(=O)c1ccc(-n2nc(C(F)(F)F)cc2-c2ccc(-c3cocn3)cc2)cc1. The van der Waals surface area contributed by atoms with Crippen LogP contribution in [0.5, 0.6) is 0 Å². The lowest BCUT2D eigenvalue weighted by molar-refractivity contribution is -0.141. The molecule has 4 aromatic rings. The summed E-state index contributed by atoms with van der Waals surface area (Å²) >= 11 is 0. The summed E-state index contributed by atoms with van der Waals surface area (Å²) in [6, 6.07) is 13.2. The van der Waals surface area contributed by atoms with E-state index in [1.54, 1.807) is 24.3 Å². The standard InChI is InChI=1S/C20H14F3N3O3S/c1-30(27,28)16-8-6-15(7-9-16)26-18(10-19(25-26)20(21,22)23)14-4-2-13(3-5-14)17-11-29-12-24-17/h2-12H,1H3. The number of aromatic nitrogens is 3. The summed E-state index contributed by atoms with van der Waals surface area (Å²) in [6.45, 7) is 0. The van der Waals surface area contributed by atoms with Crippen molar-refractivity contribution in [2.45, 2.75) is 11.1 Å². The summed E-state index contributed by atoms with van der Waals surface area (Å²) in [6.07, 6.45) is -0.828. The van der Waals surface area contributed by atoms with Gasteiger partial charge in [0.15, 0.2) is 21.9 Å². The second-order valence-corrected chi connectivity index (χ2v) is 8.56. The maximum atomic E-state index is 13.3. The molecule has 0 amide bonds. The van der Waals surface area contributed by atoms with Gasteiger partial charge in [0.05, 0.1) is 16.3 Å². The molecular weight excluding hydrogens is 419 g/mol. The fourth-order valence-corrected chi connectivity index (χ4v) is 3.55. The molecular formula is C20H14F3N3O3S. The van der Waals surface area contributed by atoms with E-state index in [-0.39, 0.29) is 10.6 Å². The summed E-state index contributed by atoms with van der Waals surface area (Å²) in [5.41, 5.74) is 1.30. The zero-order valence-electron chi connectivity index (χ0n) is 15.5. The number of hydrogen-bond acceptors (Lipinski definition) is 5. The molecule has 2 heterocycles. The van der Waals surface area contributed by atoms with Gasteiger partial charge in [0.25, 0.3) is 0 Å². The Balaban J connectivity index is 1.80. The molecule has 0 saturated heterocycles. The predicted octanol–water partition coefficient (Wildman–Crippen LogP) is 4.62. The lowest BCUT2D eigenvalue weighted by atomic mass is 10.1. The first kappa shape index (κ1) is 19.9. The van der Waals surface area contributed by atoms with Gasteiger partial charge in [-0.1, -0.05) is 24.3 Å². The number of alkyl halides is 3. The molecule has 4 rings (SSSR count). The van der Waals surface area contributed by atoms with Gasteiger partial charge < -0.3 is 4.42 Å². The summed E-state index contributed by atoms with van der Waals surface area (Å²) in [4.78, 5) is 4.10. The van der Waals surface area contributed by atoms with E-state index < -0.39 is 21.7 Å². The minimum atomic E-state index is -4.63. The van der Waals surface area contributed by atoms with Crippen LogP contribution in [-0.2, 0) is 16.0 Å². The lowest BCUT2D eigenvalue weighted by Gasteiger charge is -2.09. The Morgan fingerprint density at radius 1 is 0.967 bits per heavy atom. The third-order valence-electron chi connectivity index (χ3n) is 4.42. The fraction of sp³-hybridized carbons (Fsp3) is 0.100. The molecule has 0 fully saturated rings. The van der Waals surface area contributed by atoms with Gasteiger partial charge in [0, 0.05) is 17.4 Å². The van der Waals surface area contributed by atoms with E-state index in [2.05, 4.69) is 10.1 Å². The van der Waals surface area contributed by atoms with Gasteiger partial charge in [-0.2, -0.15) is 18.3 Å². The first-order valence-corrected chi connectivity index (χ1v) is 10.5. The third kappa shape index (κ3) is 3.86. The molecule has 0 saturated carbocycles. The Hall–Kier alpha value is -3.40. The van der Waals surface area contributed by atoms with Crippen LogP contribution < -0.4 is 0 Å². The number of halogens is 3. The minimum Gasteiger partial charge on any atom is -0.451 e. The summed E-state index contributed by atoms with van der Waals surface area (Å²) in [5.74, 6) is 0. The summed E-state index contributed by atoms with van der Waals surface area (Å²) in [5, 5.41) is 3.71. The number of rotatable bonds is 4. The van der Waals surface area contributed by atoms with Crippen molar-refractivity contribution in [2.24, 2.45) is 0 Å². The van der Waals surface area contributed by atoms with Gasteiger partial charge in [-0.3, -0.25) is 0 Å². The van der Waals surface area contributed by atoms with Crippen LogP contribution in [0.1, 0.15) is 5.69 Å². The highest BCUT2D eigenvalue weighted by Gasteiger charge is 2.35. The fourth-order valence-electron chi connectivity index (χ4n) is 2.92. The molecule has 0 aliphatic carbocycles. The van der Waals surface area contributed by atoms with Crippen molar-refractivity contribution in [2.75, 3.05) is 6.26 Å². The third-order valence-corrected chi connectivity index (χ3v) is 5.55. The molecule has 6 nitrogen and oxygen atoms in total. The van der Waals surface area contributed by atoms with E-state index in [1.165, 1.54) is 36.9 Å². The van der Waals surface area contributed by atoms with Crippen molar-refractivity contribution < 1.29 is 26.0 Å². The number of nitrogens with zero attached hydrogens (tertiary/aromatic N) is 3. The van der Waals surface area contributed by atoms with Gasteiger partial charge in [0.2, 0.25) is 0 Å². The normalized spacial score (nSPS) is 12.3. The topological polar surface area (TPSA) is 78.0 Å². The molecule has 2 aromatic carbocycles. The second kappa shape index (κ2) is 7.13.